The van der Waals surface area contributed by atoms with Crippen molar-refractivity contribution in [2.75, 3.05) is 12.8 Å². The first-order chi connectivity index (χ1) is 14.8. The third-order valence-electron chi connectivity index (χ3n) is 4.78. The maximum Gasteiger partial charge on any atom is 0.410 e. The van der Waals surface area contributed by atoms with Gasteiger partial charge in [-0.15, -0.1) is 0 Å². The van der Waals surface area contributed by atoms with E-state index in [2.05, 4.69) is 16.0 Å². The van der Waals surface area contributed by atoms with Gasteiger partial charge in [-0.05, 0) is 64.3 Å². The normalized spacial score (nSPS) is 13.8. The first-order valence-corrected chi connectivity index (χ1v) is 11.9. The highest BCUT2D eigenvalue weighted by Gasteiger charge is 2.31. The SMILES string of the molecule is Cc1cc(C#N)cc(C)c1Oc1nc(S(C)(=O)=O)nc2c1CCN(C(=O)OC(C)(C)C)C2. The minimum absolute atomic E-state index is 0.0803. The highest BCUT2D eigenvalue weighted by Crippen LogP contribution is 2.34. The first kappa shape index (κ1) is 23.5. The van der Waals surface area contributed by atoms with Gasteiger partial charge in [0, 0.05) is 18.4 Å². The summed E-state index contributed by atoms with van der Waals surface area (Å²) >= 11 is 0. The van der Waals surface area contributed by atoms with Gasteiger partial charge in [-0.25, -0.2) is 18.2 Å². The molecule has 3 rings (SSSR count). The maximum atomic E-state index is 12.5. The van der Waals surface area contributed by atoms with Crippen molar-refractivity contribution in [3.63, 3.8) is 0 Å². The Morgan fingerprint density at radius 2 is 1.81 bits per heavy atom. The smallest absolute Gasteiger partial charge is 0.410 e. The summed E-state index contributed by atoms with van der Waals surface area (Å²) in [5.74, 6) is 0.633. The number of ether oxygens (including phenoxy) is 2. The van der Waals surface area contributed by atoms with Crippen LogP contribution in [0.2, 0.25) is 0 Å². The van der Waals surface area contributed by atoms with E-state index in [-0.39, 0.29) is 17.6 Å². The number of benzene rings is 1. The van der Waals surface area contributed by atoms with Crippen LogP contribution >= 0.6 is 0 Å². The van der Waals surface area contributed by atoms with E-state index in [1.807, 2.05) is 0 Å². The summed E-state index contributed by atoms with van der Waals surface area (Å²) in [6.45, 7) is 9.38. The third kappa shape index (κ3) is 5.16. The topological polar surface area (TPSA) is 122 Å². The van der Waals surface area contributed by atoms with Gasteiger partial charge >= 0.3 is 6.09 Å². The largest absolute Gasteiger partial charge is 0.444 e. The molecule has 1 aliphatic rings. The molecule has 32 heavy (non-hydrogen) atoms. The molecular weight excluding hydrogens is 432 g/mol. The van der Waals surface area contributed by atoms with Gasteiger partial charge in [0.05, 0.1) is 23.9 Å². The number of fused-ring (bicyclic) bond motifs is 1. The molecule has 170 valence electrons. The molecule has 9 nitrogen and oxygen atoms in total. The van der Waals surface area contributed by atoms with E-state index in [9.17, 15) is 18.5 Å². The number of carbonyl (C=O) groups is 1. The molecule has 1 aromatic heterocycles. The highest BCUT2D eigenvalue weighted by molar-refractivity contribution is 7.90. The van der Waals surface area contributed by atoms with Crippen molar-refractivity contribution >= 4 is 15.9 Å². The van der Waals surface area contributed by atoms with Gasteiger partial charge in [0.25, 0.3) is 0 Å². The molecular formula is C22H26N4O5S. The van der Waals surface area contributed by atoms with Crippen molar-refractivity contribution in [2.24, 2.45) is 0 Å². The second kappa shape index (κ2) is 8.39. The Hall–Kier alpha value is -3.19. The number of nitriles is 1. The van der Waals surface area contributed by atoms with Crippen molar-refractivity contribution in [3.05, 3.63) is 40.1 Å². The highest BCUT2D eigenvalue weighted by atomic mass is 32.2. The van der Waals surface area contributed by atoms with Crippen molar-refractivity contribution in [2.45, 2.75) is 58.3 Å². The molecule has 2 heterocycles. The Bertz CT molecular complexity index is 1200. The van der Waals surface area contributed by atoms with Crippen LogP contribution in [0.5, 0.6) is 11.6 Å². The van der Waals surface area contributed by atoms with Gasteiger partial charge < -0.3 is 14.4 Å². The average Bonchev–Trinajstić information content (AvgIpc) is 2.67. The summed E-state index contributed by atoms with van der Waals surface area (Å²) in [5.41, 5.74) is 2.33. The van der Waals surface area contributed by atoms with Crippen LogP contribution in [0.15, 0.2) is 17.3 Å². The van der Waals surface area contributed by atoms with E-state index in [1.165, 1.54) is 4.90 Å². The second-order valence-corrected chi connectivity index (χ2v) is 10.7. The van der Waals surface area contributed by atoms with Gasteiger partial charge in [0.2, 0.25) is 20.9 Å². The molecule has 10 heteroatoms. The number of aryl methyl sites for hydroxylation is 2. The van der Waals surface area contributed by atoms with E-state index < -0.39 is 21.5 Å². The summed E-state index contributed by atoms with van der Waals surface area (Å²) in [4.78, 5) is 22.4. The molecule has 0 saturated heterocycles. The third-order valence-corrected chi connectivity index (χ3v) is 5.62. The number of hydrogen-bond donors (Lipinski definition) is 0. The molecule has 2 aromatic rings. The van der Waals surface area contributed by atoms with E-state index in [4.69, 9.17) is 9.47 Å². The molecule has 0 fully saturated rings. The minimum Gasteiger partial charge on any atom is -0.444 e. The molecule has 0 aliphatic carbocycles. The maximum absolute atomic E-state index is 12.5. The van der Waals surface area contributed by atoms with Crippen molar-refractivity contribution in [3.8, 4) is 17.7 Å². The Balaban J connectivity index is 2.04. The van der Waals surface area contributed by atoms with Crippen molar-refractivity contribution < 1.29 is 22.7 Å². The lowest BCUT2D eigenvalue weighted by Gasteiger charge is -2.31. The molecule has 1 aliphatic heterocycles. The lowest BCUT2D eigenvalue weighted by Crippen LogP contribution is -2.40. The van der Waals surface area contributed by atoms with Gasteiger partial charge in [-0.3, -0.25) is 0 Å². The number of rotatable bonds is 3. The number of carbonyl (C=O) groups excluding carboxylic acids is 1. The first-order valence-electron chi connectivity index (χ1n) is 10.1. The lowest BCUT2D eigenvalue weighted by atomic mass is 10.1. The number of hydrogen-bond acceptors (Lipinski definition) is 8. The average molecular weight is 459 g/mol. The van der Waals surface area contributed by atoms with E-state index >= 15 is 0 Å². The van der Waals surface area contributed by atoms with Crippen LogP contribution in [0, 0.1) is 25.2 Å². The second-order valence-electron chi connectivity index (χ2n) is 8.81. The van der Waals surface area contributed by atoms with Crippen LogP contribution in [0.3, 0.4) is 0 Å². The summed E-state index contributed by atoms with van der Waals surface area (Å²) in [5, 5.41) is 8.80. The zero-order valence-electron chi connectivity index (χ0n) is 19.0. The van der Waals surface area contributed by atoms with Crippen LogP contribution in [-0.2, 0) is 27.5 Å². The Morgan fingerprint density at radius 1 is 1.19 bits per heavy atom. The minimum atomic E-state index is -3.73. The fourth-order valence-electron chi connectivity index (χ4n) is 3.38. The molecule has 1 aromatic carbocycles. The summed E-state index contributed by atoms with van der Waals surface area (Å²) in [7, 11) is -3.73. The number of sulfone groups is 1. The summed E-state index contributed by atoms with van der Waals surface area (Å²) in [6.07, 6.45) is 0.900. The molecule has 0 radical (unpaired) electrons. The predicted molar refractivity (Wildman–Crippen MR) is 116 cm³/mol. The van der Waals surface area contributed by atoms with Gasteiger partial charge in [0.15, 0.2) is 0 Å². The summed E-state index contributed by atoms with van der Waals surface area (Å²) in [6, 6.07) is 5.48. The fraction of sp³-hybridized carbons (Fsp3) is 0.455. The van der Waals surface area contributed by atoms with E-state index in [0.29, 0.717) is 35.5 Å². The van der Waals surface area contributed by atoms with Crippen LogP contribution < -0.4 is 4.74 Å². The zero-order chi connectivity index (χ0) is 23.8. The Kier molecular flexibility index (Phi) is 6.15. The van der Waals surface area contributed by atoms with Crippen LogP contribution in [0.25, 0.3) is 0 Å². The standard InChI is InChI=1S/C22H26N4O5S/c1-13-9-15(11-23)10-14(2)18(13)30-19-16-7-8-26(21(27)31-22(3,4)5)12-17(16)24-20(25-19)32(6,28)29/h9-10H,7-8,12H2,1-6H3. The van der Waals surface area contributed by atoms with Crippen LogP contribution in [-0.4, -0.2) is 47.8 Å². The van der Waals surface area contributed by atoms with Gasteiger partial charge in [-0.2, -0.15) is 10.2 Å². The molecule has 0 spiro atoms. The fourth-order valence-corrected chi connectivity index (χ4v) is 3.90. The number of nitrogens with zero attached hydrogens (tertiary/aromatic N) is 4. The summed E-state index contributed by atoms with van der Waals surface area (Å²) < 4.78 is 36.0. The molecule has 0 unspecified atom stereocenters. The number of amides is 1. The predicted octanol–water partition coefficient (Wildman–Crippen LogP) is 3.45. The molecule has 0 saturated carbocycles. The van der Waals surface area contributed by atoms with Crippen molar-refractivity contribution in [1.82, 2.24) is 14.9 Å². The van der Waals surface area contributed by atoms with E-state index in [0.717, 1.165) is 17.4 Å². The Morgan fingerprint density at radius 3 is 2.34 bits per heavy atom. The monoisotopic (exact) mass is 458 g/mol. The van der Waals surface area contributed by atoms with Gasteiger partial charge in [-0.1, -0.05) is 0 Å². The van der Waals surface area contributed by atoms with Crippen LogP contribution in [0.4, 0.5) is 4.79 Å². The molecule has 0 atom stereocenters. The molecule has 1 amide bonds. The van der Waals surface area contributed by atoms with Gasteiger partial charge in [0.1, 0.15) is 11.4 Å². The number of aromatic nitrogens is 2. The molecule has 0 N–H and O–H groups in total. The zero-order valence-corrected chi connectivity index (χ0v) is 19.8. The lowest BCUT2D eigenvalue weighted by molar-refractivity contribution is 0.0219. The molecule has 0 bridgehead atoms. The van der Waals surface area contributed by atoms with E-state index in [1.54, 1.807) is 46.8 Å². The Labute approximate surface area is 187 Å². The quantitative estimate of drug-likeness (QED) is 0.641. The van der Waals surface area contributed by atoms with Crippen LogP contribution in [0.1, 0.15) is 48.7 Å². The van der Waals surface area contributed by atoms with Crippen molar-refractivity contribution in [1.29, 1.82) is 5.26 Å².